The van der Waals surface area contributed by atoms with Gasteiger partial charge in [-0.3, -0.25) is 0 Å². The molecule has 0 spiro atoms. The minimum atomic E-state index is 0.270. The first-order valence-corrected chi connectivity index (χ1v) is 7.11. The first kappa shape index (κ1) is 13.4. The summed E-state index contributed by atoms with van der Waals surface area (Å²) in [4.78, 5) is 0. The molecule has 2 aromatic rings. The van der Waals surface area contributed by atoms with Crippen molar-refractivity contribution in [1.29, 1.82) is 0 Å². The molecular weight excluding hydrogens is 288 g/mol. The smallest absolute Gasteiger partial charge is 0.0470 e. The second kappa shape index (κ2) is 6.21. The molecule has 0 fully saturated rings. The molecular formula is C15H19BrN2. The molecule has 0 aliphatic heterocycles. The van der Waals surface area contributed by atoms with Gasteiger partial charge in [0.2, 0.25) is 0 Å². The van der Waals surface area contributed by atoms with Crippen LogP contribution in [0, 0.1) is 0 Å². The Bertz CT molecular complexity index is 505. The van der Waals surface area contributed by atoms with Gasteiger partial charge in [0.15, 0.2) is 0 Å². The minimum absolute atomic E-state index is 0.270. The average Bonchev–Trinajstić information content (AvgIpc) is 2.76. The zero-order chi connectivity index (χ0) is 13.0. The molecule has 1 heterocycles. The number of aromatic nitrogens is 1. The summed E-state index contributed by atoms with van der Waals surface area (Å²) in [5.41, 5.74) is 8.59. The minimum Gasteiger partial charge on any atom is -0.350 e. The predicted molar refractivity (Wildman–Crippen MR) is 79.6 cm³/mol. The van der Waals surface area contributed by atoms with Crippen LogP contribution in [-0.4, -0.2) is 10.6 Å². The van der Waals surface area contributed by atoms with Crippen molar-refractivity contribution in [2.75, 3.05) is 0 Å². The molecule has 2 rings (SSSR count). The zero-order valence-corrected chi connectivity index (χ0v) is 12.2. The SMILES string of the molecule is CCC(N)Cc1ccn(Cc2cccc(Br)c2)c1. The van der Waals surface area contributed by atoms with E-state index in [2.05, 4.69) is 64.1 Å². The lowest BCUT2D eigenvalue weighted by Gasteiger charge is -2.06. The van der Waals surface area contributed by atoms with E-state index in [9.17, 15) is 0 Å². The van der Waals surface area contributed by atoms with Gasteiger partial charge in [-0.15, -0.1) is 0 Å². The first-order valence-electron chi connectivity index (χ1n) is 6.32. The molecule has 0 saturated heterocycles. The molecule has 18 heavy (non-hydrogen) atoms. The second-order valence-electron chi connectivity index (χ2n) is 4.69. The average molecular weight is 307 g/mol. The third kappa shape index (κ3) is 3.72. The Morgan fingerprint density at radius 1 is 1.28 bits per heavy atom. The van der Waals surface area contributed by atoms with Gasteiger partial charge in [0.25, 0.3) is 0 Å². The molecule has 0 bridgehead atoms. The molecule has 0 amide bonds. The maximum atomic E-state index is 5.97. The molecule has 2 nitrogen and oxygen atoms in total. The predicted octanol–water partition coefficient (Wildman–Crippen LogP) is 3.58. The molecule has 1 unspecified atom stereocenters. The zero-order valence-electron chi connectivity index (χ0n) is 10.6. The van der Waals surface area contributed by atoms with Gasteiger partial charge < -0.3 is 10.3 Å². The molecule has 0 saturated carbocycles. The number of hydrogen-bond acceptors (Lipinski definition) is 1. The standard InChI is InChI=1S/C15H19BrN2/c1-2-15(17)9-13-6-7-18(11-13)10-12-4-3-5-14(16)8-12/h3-8,11,15H,2,9-10,17H2,1H3. The Balaban J connectivity index is 2.02. The van der Waals surface area contributed by atoms with Gasteiger partial charge in [-0.25, -0.2) is 0 Å². The highest BCUT2D eigenvalue weighted by atomic mass is 79.9. The summed E-state index contributed by atoms with van der Waals surface area (Å²) in [6.45, 7) is 3.03. The Morgan fingerprint density at radius 2 is 2.11 bits per heavy atom. The first-order chi connectivity index (χ1) is 8.67. The number of hydrogen-bond donors (Lipinski definition) is 1. The van der Waals surface area contributed by atoms with E-state index >= 15 is 0 Å². The highest BCUT2D eigenvalue weighted by molar-refractivity contribution is 9.10. The van der Waals surface area contributed by atoms with Crippen molar-refractivity contribution in [1.82, 2.24) is 4.57 Å². The van der Waals surface area contributed by atoms with E-state index in [1.165, 1.54) is 11.1 Å². The van der Waals surface area contributed by atoms with Crippen LogP contribution in [0.4, 0.5) is 0 Å². The van der Waals surface area contributed by atoms with E-state index in [0.717, 1.165) is 23.9 Å². The highest BCUT2D eigenvalue weighted by Crippen LogP contribution is 2.14. The van der Waals surface area contributed by atoms with Crippen LogP contribution in [0.25, 0.3) is 0 Å². The van der Waals surface area contributed by atoms with Gasteiger partial charge in [-0.2, -0.15) is 0 Å². The van der Waals surface area contributed by atoms with Gasteiger partial charge in [0.1, 0.15) is 0 Å². The van der Waals surface area contributed by atoms with Crippen LogP contribution in [0.3, 0.4) is 0 Å². The second-order valence-corrected chi connectivity index (χ2v) is 5.61. The molecule has 1 aromatic carbocycles. The van der Waals surface area contributed by atoms with Crippen molar-refractivity contribution >= 4 is 15.9 Å². The fraction of sp³-hybridized carbons (Fsp3) is 0.333. The number of halogens is 1. The maximum absolute atomic E-state index is 5.97. The highest BCUT2D eigenvalue weighted by Gasteiger charge is 2.03. The van der Waals surface area contributed by atoms with Crippen LogP contribution >= 0.6 is 15.9 Å². The van der Waals surface area contributed by atoms with Gasteiger partial charge in [0, 0.05) is 29.5 Å². The number of benzene rings is 1. The van der Waals surface area contributed by atoms with Crippen LogP contribution in [-0.2, 0) is 13.0 Å². The van der Waals surface area contributed by atoms with Crippen LogP contribution in [0.15, 0.2) is 47.2 Å². The summed E-state index contributed by atoms with van der Waals surface area (Å²) in [6, 6.07) is 10.8. The largest absolute Gasteiger partial charge is 0.350 e. The van der Waals surface area contributed by atoms with Crippen molar-refractivity contribution in [2.45, 2.75) is 32.4 Å². The number of rotatable bonds is 5. The summed E-state index contributed by atoms with van der Waals surface area (Å²) in [6.07, 6.45) is 6.30. The Labute approximate surface area is 117 Å². The summed E-state index contributed by atoms with van der Waals surface area (Å²) in [5.74, 6) is 0. The van der Waals surface area contributed by atoms with Crippen molar-refractivity contribution in [2.24, 2.45) is 5.73 Å². The quantitative estimate of drug-likeness (QED) is 0.899. The Hall–Kier alpha value is -1.06. The monoisotopic (exact) mass is 306 g/mol. The van der Waals surface area contributed by atoms with Crippen molar-refractivity contribution in [3.8, 4) is 0 Å². The summed E-state index contributed by atoms with van der Waals surface area (Å²) in [7, 11) is 0. The van der Waals surface area contributed by atoms with Crippen LogP contribution in [0.1, 0.15) is 24.5 Å². The molecule has 0 aliphatic carbocycles. The maximum Gasteiger partial charge on any atom is 0.0470 e. The summed E-state index contributed by atoms with van der Waals surface area (Å²) in [5, 5.41) is 0. The van der Waals surface area contributed by atoms with Gasteiger partial charge in [-0.1, -0.05) is 35.0 Å². The van der Waals surface area contributed by atoms with Crippen LogP contribution < -0.4 is 5.73 Å². The van der Waals surface area contributed by atoms with E-state index in [1.54, 1.807) is 0 Å². The number of nitrogens with zero attached hydrogens (tertiary/aromatic N) is 1. The van der Waals surface area contributed by atoms with Crippen LogP contribution in [0.2, 0.25) is 0 Å². The lowest BCUT2D eigenvalue weighted by molar-refractivity contribution is 0.645. The fourth-order valence-corrected chi connectivity index (χ4v) is 2.45. The van der Waals surface area contributed by atoms with Gasteiger partial charge >= 0.3 is 0 Å². The lowest BCUT2D eigenvalue weighted by atomic mass is 10.1. The fourth-order valence-electron chi connectivity index (χ4n) is 2.00. The van der Waals surface area contributed by atoms with Crippen LogP contribution in [0.5, 0.6) is 0 Å². The summed E-state index contributed by atoms with van der Waals surface area (Å²) < 4.78 is 3.33. The third-order valence-electron chi connectivity index (χ3n) is 3.09. The topological polar surface area (TPSA) is 30.9 Å². The van der Waals surface area contributed by atoms with E-state index in [-0.39, 0.29) is 6.04 Å². The molecule has 0 radical (unpaired) electrons. The molecule has 96 valence electrons. The van der Waals surface area contributed by atoms with E-state index in [4.69, 9.17) is 5.73 Å². The normalized spacial score (nSPS) is 12.6. The Kier molecular flexibility index (Phi) is 4.61. The van der Waals surface area contributed by atoms with Gasteiger partial charge in [-0.05, 0) is 42.2 Å². The molecule has 1 aromatic heterocycles. The molecule has 3 heteroatoms. The third-order valence-corrected chi connectivity index (χ3v) is 3.58. The molecule has 0 aliphatic rings. The van der Waals surface area contributed by atoms with E-state index in [0.29, 0.717) is 0 Å². The lowest BCUT2D eigenvalue weighted by Crippen LogP contribution is -2.21. The van der Waals surface area contributed by atoms with Crippen molar-refractivity contribution in [3.05, 3.63) is 58.3 Å². The van der Waals surface area contributed by atoms with E-state index < -0.39 is 0 Å². The Morgan fingerprint density at radius 3 is 2.83 bits per heavy atom. The molecule has 2 N–H and O–H groups in total. The van der Waals surface area contributed by atoms with E-state index in [1.807, 2.05) is 6.07 Å². The summed E-state index contributed by atoms with van der Waals surface area (Å²) >= 11 is 3.50. The number of nitrogens with two attached hydrogens (primary N) is 1. The van der Waals surface area contributed by atoms with Crippen molar-refractivity contribution in [3.63, 3.8) is 0 Å². The van der Waals surface area contributed by atoms with Crippen molar-refractivity contribution < 1.29 is 0 Å². The van der Waals surface area contributed by atoms with Gasteiger partial charge in [0.05, 0.1) is 0 Å². The molecule has 1 atom stereocenters.